The van der Waals surface area contributed by atoms with Crippen LogP contribution in [-0.4, -0.2) is 29.9 Å². The van der Waals surface area contributed by atoms with E-state index in [1.807, 2.05) is 6.07 Å². The highest BCUT2D eigenvalue weighted by Gasteiger charge is 2.31. The molecule has 0 saturated carbocycles. The third-order valence-corrected chi connectivity index (χ3v) is 6.40. The maximum absolute atomic E-state index is 12.4. The van der Waals surface area contributed by atoms with Crippen molar-refractivity contribution in [2.45, 2.75) is 19.0 Å². The van der Waals surface area contributed by atoms with E-state index in [4.69, 9.17) is 4.42 Å². The van der Waals surface area contributed by atoms with Crippen LogP contribution in [0.1, 0.15) is 27.1 Å². The van der Waals surface area contributed by atoms with Crippen LogP contribution in [0, 0.1) is 0 Å². The van der Waals surface area contributed by atoms with Crippen molar-refractivity contribution in [3.8, 4) is 0 Å². The number of carbonyl (C=O) groups is 2. The van der Waals surface area contributed by atoms with Crippen molar-refractivity contribution in [1.82, 2.24) is 15.5 Å². The third kappa shape index (κ3) is 4.13. The number of amides is 3. The van der Waals surface area contributed by atoms with Crippen molar-refractivity contribution in [3.05, 3.63) is 68.4 Å². The molecule has 3 amide bonds. The fraction of sp³-hybridized carbons (Fsp3) is 0.263. The quantitative estimate of drug-likeness (QED) is 0.687. The Hall–Kier alpha value is -2.42. The number of hydrogen-bond donors (Lipinski definition) is 2. The van der Waals surface area contributed by atoms with Crippen LogP contribution in [0.25, 0.3) is 0 Å². The molecule has 3 aromatic heterocycles. The first-order valence-corrected chi connectivity index (χ1v) is 10.4. The summed E-state index contributed by atoms with van der Waals surface area (Å²) in [6.45, 7) is 1.20. The fourth-order valence-corrected chi connectivity index (χ4v) is 5.07. The fourth-order valence-electron chi connectivity index (χ4n) is 3.29. The monoisotopic (exact) mass is 401 g/mol. The minimum Gasteiger partial charge on any atom is -0.467 e. The summed E-state index contributed by atoms with van der Waals surface area (Å²) >= 11 is 3.46. The number of urea groups is 1. The van der Waals surface area contributed by atoms with Crippen molar-refractivity contribution >= 4 is 34.6 Å². The van der Waals surface area contributed by atoms with Crippen molar-refractivity contribution in [3.63, 3.8) is 0 Å². The van der Waals surface area contributed by atoms with Crippen molar-refractivity contribution in [2.75, 3.05) is 13.1 Å². The Kier molecular flexibility index (Phi) is 5.38. The summed E-state index contributed by atoms with van der Waals surface area (Å²) in [5.41, 5.74) is 1.27. The molecule has 0 unspecified atom stereocenters. The molecule has 140 valence electrons. The van der Waals surface area contributed by atoms with Crippen molar-refractivity contribution in [1.29, 1.82) is 0 Å². The number of imide groups is 1. The zero-order chi connectivity index (χ0) is 18.6. The number of carbonyl (C=O) groups excluding carboxylic acids is 2. The molecule has 1 atom stereocenters. The van der Waals surface area contributed by atoms with Gasteiger partial charge in [-0.25, -0.2) is 4.79 Å². The highest BCUT2D eigenvalue weighted by Crippen LogP contribution is 2.39. The predicted octanol–water partition coefficient (Wildman–Crippen LogP) is 3.38. The number of nitrogens with zero attached hydrogens (tertiary/aromatic N) is 1. The van der Waals surface area contributed by atoms with Crippen LogP contribution >= 0.6 is 22.7 Å². The van der Waals surface area contributed by atoms with Gasteiger partial charge < -0.3 is 9.73 Å². The molecule has 0 saturated heterocycles. The maximum Gasteiger partial charge on any atom is 0.321 e. The van der Waals surface area contributed by atoms with E-state index in [0.717, 1.165) is 13.0 Å². The summed E-state index contributed by atoms with van der Waals surface area (Å²) in [5, 5.41) is 9.19. The van der Waals surface area contributed by atoms with E-state index in [9.17, 15) is 9.59 Å². The molecule has 0 spiro atoms. The smallest absolute Gasteiger partial charge is 0.321 e. The Balaban J connectivity index is 1.39. The zero-order valence-electron chi connectivity index (χ0n) is 14.5. The van der Waals surface area contributed by atoms with Gasteiger partial charge in [-0.2, -0.15) is 0 Å². The van der Waals surface area contributed by atoms with E-state index < -0.39 is 6.03 Å². The number of thiophene rings is 2. The highest BCUT2D eigenvalue weighted by atomic mass is 32.1. The number of hydrogen-bond acceptors (Lipinski definition) is 6. The number of fused-ring (bicyclic) bond motifs is 1. The average molecular weight is 402 g/mol. The van der Waals surface area contributed by atoms with Gasteiger partial charge in [-0.3, -0.25) is 15.0 Å². The van der Waals surface area contributed by atoms with E-state index in [0.29, 0.717) is 5.76 Å². The van der Waals surface area contributed by atoms with Gasteiger partial charge in [0.25, 0.3) is 0 Å². The molecule has 4 rings (SSSR count). The highest BCUT2D eigenvalue weighted by molar-refractivity contribution is 7.10. The van der Waals surface area contributed by atoms with Gasteiger partial charge in [0.15, 0.2) is 0 Å². The van der Waals surface area contributed by atoms with Gasteiger partial charge >= 0.3 is 6.03 Å². The molecule has 0 fully saturated rings. The lowest BCUT2D eigenvalue weighted by Gasteiger charge is -2.34. The van der Waals surface area contributed by atoms with Crippen LogP contribution in [0.3, 0.4) is 0 Å². The Morgan fingerprint density at radius 1 is 1.19 bits per heavy atom. The van der Waals surface area contributed by atoms with E-state index in [1.165, 1.54) is 15.3 Å². The molecule has 0 bridgehead atoms. The van der Waals surface area contributed by atoms with Crippen LogP contribution in [0.4, 0.5) is 4.79 Å². The topological polar surface area (TPSA) is 74.6 Å². The zero-order valence-corrected chi connectivity index (χ0v) is 16.1. The molecular weight excluding hydrogens is 382 g/mol. The number of nitrogens with one attached hydrogen (secondary N) is 2. The van der Waals surface area contributed by atoms with Gasteiger partial charge in [-0.15, -0.1) is 22.7 Å². The van der Waals surface area contributed by atoms with Gasteiger partial charge in [0, 0.05) is 16.3 Å². The second kappa shape index (κ2) is 8.08. The molecule has 3 aromatic rings. The Bertz CT molecular complexity index is 903. The van der Waals surface area contributed by atoms with Crippen molar-refractivity contribution in [2.24, 2.45) is 0 Å². The Labute approximate surface area is 164 Å². The van der Waals surface area contributed by atoms with Crippen LogP contribution in [0.5, 0.6) is 0 Å². The van der Waals surface area contributed by atoms with Gasteiger partial charge in [0.05, 0.1) is 25.4 Å². The molecule has 8 heteroatoms. The van der Waals surface area contributed by atoms with Crippen LogP contribution in [0.15, 0.2) is 51.8 Å². The molecule has 6 nitrogen and oxygen atoms in total. The molecule has 0 aromatic carbocycles. The molecule has 27 heavy (non-hydrogen) atoms. The predicted molar refractivity (Wildman–Crippen MR) is 105 cm³/mol. The molecule has 4 heterocycles. The second-order valence-electron chi connectivity index (χ2n) is 6.25. The van der Waals surface area contributed by atoms with Gasteiger partial charge in [0.1, 0.15) is 5.76 Å². The second-order valence-corrected chi connectivity index (χ2v) is 8.23. The molecule has 0 radical (unpaired) electrons. The maximum atomic E-state index is 12.4. The Morgan fingerprint density at radius 2 is 2.11 bits per heavy atom. The number of rotatable bonds is 5. The molecule has 0 aliphatic carbocycles. The summed E-state index contributed by atoms with van der Waals surface area (Å²) < 4.78 is 5.16. The number of furan rings is 1. The summed E-state index contributed by atoms with van der Waals surface area (Å²) in [6.07, 6.45) is 2.46. The van der Waals surface area contributed by atoms with Crippen LogP contribution in [-0.2, 0) is 17.8 Å². The average Bonchev–Trinajstić information content (AvgIpc) is 3.40. The first kappa shape index (κ1) is 18.0. The van der Waals surface area contributed by atoms with Gasteiger partial charge in [0.2, 0.25) is 5.91 Å². The Morgan fingerprint density at radius 3 is 2.89 bits per heavy atom. The first-order chi connectivity index (χ1) is 13.2. The lowest BCUT2D eigenvalue weighted by atomic mass is 9.98. The van der Waals surface area contributed by atoms with Crippen LogP contribution < -0.4 is 10.6 Å². The lowest BCUT2D eigenvalue weighted by Crippen LogP contribution is -2.46. The van der Waals surface area contributed by atoms with E-state index >= 15 is 0 Å². The third-order valence-electron chi connectivity index (χ3n) is 4.48. The SMILES string of the molecule is O=C(CN1CCc2sccc2[C@@H]1c1cccs1)NC(=O)NCc1ccco1. The first-order valence-electron chi connectivity index (χ1n) is 8.64. The minimum absolute atomic E-state index is 0.0666. The standard InChI is InChI=1S/C19H19N3O3S2/c23-17(21-19(24)20-11-13-3-1-8-25-13)12-22-7-5-15-14(6-10-27-15)18(22)16-4-2-9-26-16/h1-4,6,8-10,18H,5,7,11-12H2,(H2,20,21,23,24)/t18-/m1/s1. The van der Waals surface area contributed by atoms with E-state index in [-0.39, 0.29) is 25.0 Å². The molecule has 1 aliphatic heterocycles. The van der Waals surface area contributed by atoms with E-state index in [1.54, 1.807) is 41.1 Å². The largest absolute Gasteiger partial charge is 0.467 e. The molecule has 2 N–H and O–H groups in total. The van der Waals surface area contributed by atoms with Gasteiger partial charge in [-0.05, 0) is 47.0 Å². The van der Waals surface area contributed by atoms with E-state index in [2.05, 4.69) is 38.4 Å². The molecule has 1 aliphatic rings. The minimum atomic E-state index is -0.516. The summed E-state index contributed by atoms with van der Waals surface area (Å²) in [4.78, 5) is 29.1. The normalized spacial score (nSPS) is 16.7. The summed E-state index contributed by atoms with van der Waals surface area (Å²) in [6, 6.07) is 9.34. The summed E-state index contributed by atoms with van der Waals surface area (Å²) in [7, 11) is 0. The van der Waals surface area contributed by atoms with Crippen LogP contribution in [0.2, 0.25) is 0 Å². The van der Waals surface area contributed by atoms with Gasteiger partial charge in [-0.1, -0.05) is 6.07 Å². The van der Waals surface area contributed by atoms with Crippen molar-refractivity contribution < 1.29 is 14.0 Å². The lowest BCUT2D eigenvalue weighted by molar-refractivity contribution is -0.121. The molecular formula is C19H19N3O3S2. The summed E-state index contributed by atoms with van der Waals surface area (Å²) in [5.74, 6) is 0.323.